The summed E-state index contributed by atoms with van der Waals surface area (Å²) in [4.78, 5) is 0. The van der Waals surface area contributed by atoms with Crippen LogP contribution < -0.4 is 20.9 Å². The Morgan fingerprint density at radius 3 is 2.83 bits per heavy atom. The number of hydrogen-bond donors (Lipinski definition) is 1. The molecule has 24 heavy (non-hydrogen) atoms. The minimum atomic E-state index is 0.0575. The molecule has 1 unspecified atom stereocenters. The molecule has 1 aromatic rings. The van der Waals surface area contributed by atoms with Crippen LogP contribution in [0.15, 0.2) is 17.8 Å². The third-order valence-electron chi connectivity index (χ3n) is 4.76. The van der Waals surface area contributed by atoms with E-state index in [1.807, 2.05) is 6.20 Å². The minimum Gasteiger partial charge on any atom is -0.754 e. The van der Waals surface area contributed by atoms with Crippen molar-refractivity contribution >= 4 is 44.3 Å². The van der Waals surface area contributed by atoms with E-state index in [-0.39, 0.29) is 12.1 Å². The molecule has 6 heteroatoms. The van der Waals surface area contributed by atoms with Crippen molar-refractivity contribution in [3.05, 3.63) is 39.0 Å². The quantitative estimate of drug-likeness (QED) is 0.720. The molecule has 5 nitrogen and oxygen atoms in total. The van der Waals surface area contributed by atoms with E-state index in [0.717, 1.165) is 55.5 Å². The second kappa shape index (κ2) is 6.24. The number of hydroxylamine groups is 2. The first-order valence-corrected chi connectivity index (χ1v) is 9.53. The van der Waals surface area contributed by atoms with Crippen LogP contribution in [-0.4, -0.2) is 17.9 Å². The molecule has 1 aromatic carbocycles. The highest BCUT2D eigenvalue weighted by molar-refractivity contribution is 14.1. The second-order valence-electron chi connectivity index (χ2n) is 6.77. The number of benzene rings is 1. The summed E-state index contributed by atoms with van der Waals surface area (Å²) in [5.41, 5.74) is 6.39. The fourth-order valence-corrected chi connectivity index (χ4v) is 4.88. The molecule has 1 saturated heterocycles. The standard InChI is InChI=1S/C18H21IN3O2/c1-11(2)18-17(19)14-7-12-9-20-22(16-5-3-4-6-24-16)15(12)8-13(14)10-21(18)23/h7-11,16,20H,3-6H2,1-2H3/q-1. The van der Waals surface area contributed by atoms with Crippen LogP contribution in [0.4, 0.5) is 5.69 Å². The maximum Gasteiger partial charge on any atom is 0.148 e. The maximum absolute atomic E-state index is 12.4. The summed E-state index contributed by atoms with van der Waals surface area (Å²) < 4.78 is 6.94. The summed E-state index contributed by atoms with van der Waals surface area (Å²) in [7, 11) is 0. The number of fused-ring (bicyclic) bond motifs is 2. The molecular weight excluding hydrogens is 417 g/mol. The molecule has 0 amide bonds. The molecule has 0 bridgehead atoms. The van der Waals surface area contributed by atoms with E-state index in [1.165, 1.54) is 6.42 Å². The molecule has 3 aliphatic rings. The number of anilines is 1. The summed E-state index contributed by atoms with van der Waals surface area (Å²) in [6, 6.07) is 4.27. The first-order chi connectivity index (χ1) is 11.6. The zero-order chi connectivity index (χ0) is 16.8. The highest BCUT2D eigenvalue weighted by Gasteiger charge is 2.26. The van der Waals surface area contributed by atoms with E-state index in [4.69, 9.17) is 4.74 Å². The van der Waals surface area contributed by atoms with E-state index in [1.54, 1.807) is 6.20 Å². The summed E-state index contributed by atoms with van der Waals surface area (Å²) in [5, 5.41) is 17.7. The van der Waals surface area contributed by atoms with Gasteiger partial charge in [-0.25, -0.2) is 0 Å². The molecular formula is C18H21IN3O2-. The number of nitrogens with one attached hydrogen (secondary N) is 1. The Morgan fingerprint density at radius 2 is 2.12 bits per heavy atom. The first kappa shape index (κ1) is 16.2. The smallest absolute Gasteiger partial charge is 0.148 e. The molecule has 3 heterocycles. The van der Waals surface area contributed by atoms with Crippen LogP contribution in [0.2, 0.25) is 0 Å². The van der Waals surface area contributed by atoms with Crippen molar-refractivity contribution in [1.29, 1.82) is 0 Å². The van der Waals surface area contributed by atoms with Crippen LogP contribution in [0.3, 0.4) is 0 Å². The molecule has 1 N–H and O–H groups in total. The second-order valence-corrected chi connectivity index (χ2v) is 7.85. The van der Waals surface area contributed by atoms with Gasteiger partial charge in [0.15, 0.2) is 0 Å². The predicted molar refractivity (Wildman–Crippen MR) is 105 cm³/mol. The van der Waals surface area contributed by atoms with E-state index in [0.29, 0.717) is 0 Å². The summed E-state index contributed by atoms with van der Waals surface area (Å²) in [6.07, 6.45) is 7.11. The van der Waals surface area contributed by atoms with Gasteiger partial charge in [0.05, 0.1) is 5.69 Å². The summed E-state index contributed by atoms with van der Waals surface area (Å²) in [5.74, 6) is 0.196. The maximum atomic E-state index is 12.4. The highest BCUT2D eigenvalue weighted by Crippen LogP contribution is 2.33. The number of halogens is 1. The molecule has 4 rings (SSSR count). The Hall–Kier alpha value is -1.25. The van der Waals surface area contributed by atoms with Gasteiger partial charge in [-0.1, -0.05) is 13.8 Å². The lowest BCUT2D eigenvalue weighted by atomic mass is 10.0. The van der Waals surface area contributed by atoms with Crippen molar-refractivity contribution in [3.8, 4) is 0 Å². The van der Waals surface area contributed by atoms with E-state index < -0.39 is 0 Å². The van der Waals surface area contributed by atoms with Gasteiger partial charge in [0.25, 0.3) is 0 Å². The van der Waals surface area contributed by atoms with Crippen LogP contribution in [0, 0.1) is 11.1 Å². The van der Waals surface area contributed by atoms with E-state index >= 15 is 0 Å². The van der Waals surface area contributed by atoms with Crippen LogP contribution in [0.25, 0.3) is 16.0 Å². The minimum absolute atomic E-state index is 0.0575. The highest BCUT2D eigenvalue weighted by atomic mass is 127. The Bertz CT molecular complexity index is 812. The average Bonchev–Trinajstić information content (AvgIpc) is 2.96. The third kappa shape index (κ3) is 2.60. The fourth-order valence-electron chi connectivity index (χ4n) is 3.56. The van der Waals surface area contributed by atoms with Crippen LogP contribution in [0.5, 0.6) is 0 Å². The number of nitrogens with zero attached hydrogens (tertiary/aromatic N) is 2. The predicted octanol–water partition coefficient (Wildman–Crippen LogP) is 2.59. The molecule has 0 aliphatic carbocycles. The van der Waals surface area contributed by atoms with Crippen LogP contribution >= 0.6 is 22.6 Å². The monoisotopic (exact) mass is 438 g/mol. The molecule has 0 spiro atoms. The Balaban J connectivity index is 1.78. The lowest BCUT2D eigenvalue weighted by Gasteiger charge is -2.36. The van der Waals surface area contributed by atoms with Crippen molar-refractivity contribution in [2.75, 3.05) is 11.6 Å². The van der Waals surface area contributed by atoms with Gasteiger partial charge in [-0.3, -0.25) is 5.01 Å². The van der Waals surface area contributed by atoms with Crippen molar-refractivity contribution in [1.82, 2.24) is 10.5 Å². The Labute approximate surface area is 155 Å². The van der Waals surface area contributed by atoms with Crippen molar-refractivity contribution in [3.63, 3.8) is 0 Å². The third-order valence-corrected chi connectivity index (χ3v) is 5.90. The number of rotatable bonds is 2. The van der Waals surface area contributed by atoms with Gasteiger partial charge in [-0.05, 0) is 65.5 Å². The van der Waals surface area contributed by atoms with E-state index in [9.17, 15) is 5.21 Å². The molecule has 3 aliphatic heterocycles. The lowest BCUT2D eigenvalue weighted by molar-refractivity contribution is 0.0113. The van der Waals surface area contributed by atoms with Crippen molar-refractivity contribution in [2.24, 2.45) is 5.92 Å². The fraction of sp³-hybridized carbons (Fsp3) is 0.444. The van der Waals surface area contributed by atoms with Gasteiger partial charge in [-0.2, -0.15) is 0 Å². The van der Waals surface area contributed by atoms with Gasteiger partial charge >= 0.3 is 0 Å². The van der Waals surface area contributed by atoms with Gasteiger partial charge in [0.2, 0.25) is 0 Å². The lowest BCUT2D eigenvalue weighted by Crippen LogP contribution is -2.45. The van der Waals surface area contributed by atoms with Crippen LogP contribution in [0.1, 0.15) is 38.7 Å². The van der Waals surface area contributed by atoms with Crippen molar-refractivity contribution in [2.45, 2.75) is 39.3 Å². The average molecular weight is 438 g/mol. The Morgan fingerprint density at radius 1 is 1.29 bits per heavy atom. The Kier molecular flexibility index (Phi) is 4.22. The number of allylic oxidation sites excluding steroid dienone is 1. The summed E-state index contributed by atoms with van der Waals surface area (Å²) in [6.45, 7) is 4.92. The van der Waals surface area contributed by atoms with Gasteiger partial charge in [0.1, 0.15) is 6.23 Å². The van der Waals surface area contributed by atoms with Gasteiger partial charge in [0, 0.05) is 38.7 Å². The number of hydrazine groups is 1. The normalized spacial score (nSPS) is 22.8. The SMILES string of the molecule is CC(C)C1=C(I)c2cc3c(cc2=CN1[O-])N(C1CCCCO1)NC=3. The van der Waals surface area contributed by atoms with Gasteiger partial charge < -0.3 is 20.4 Å². The molecule has 128 valence electrons. The van der Waals surface area contributed by atoms with E-state index in [2.05, 4.69) is 59.0 Å². The molecule has 0 radical (unpaired) electrons. The molecule has 1 atom stereocenters. The number of hydrogen-bond acceptors (Lipinski definition) is 5. The summed E-state index contributed by atoms with van der Waals surface area (Å²) >= 11 is 2.30. The molecule has 0 saturated carbocycles. The molecule has 1 fully saturated rings. The van der Waals surface area contributed by atoms with Gasteiger partial charge in [-0.15, -0.1) is 0 Å². The largest absolute Gasteiger partial charge is 0.754 e. The zero-order valence-corrected chi connectivity index (χ0v) is 16.0. The molecule has 0 aromatic heterocycles. The topological polar surface area (TPSA) is 50.8 Å². The van der Waals surface area contributed by atoms with Crippen molar-refractivity contribution < 1.29 is 4.74 Å². The zero-order valence-electron chi connectivity index (χ0n) is 13.9. The number of ether oxygens (including phenoxy) is 1. The first-order valence-electron chi connectivity index (χ1n) is 8.46. The van der Waals surface area contributed by atoms with Crippen LogP contribution in [-0.2, 0) is 4.74 Å².